The molecule has 0 unspecified atom stereocenters. The van der Waals surface area contributed by atoms with Crippen LogP contribution in [0.3, 0.4) is 0 Å². The summed E-state index contributed by atoms with van der Waals surface area (Å²) in [5, 5.41) is 2.75. The summed E-state index contributed by atoms with van der Waals surface area (Å²) in [6, 6.07) is 1.92. The molecule has 0 amide bonds. The summed E-state index contributed by atoms with van der Waals surface area (Å²) in [7, 11) is 0. The van der Waals surface area contributed by atoms with Gasteiger partial charge in [0.1, 0.15) is 5.60 Å². The van der Waals surface area contributed by atoms with Crippen molar-refractivity contribution in [2.45, 2.75) is 33.3 Å². The van der Waals surface area contributed by atoms with Gasteiger partial charge in [-0.05, 0) is 45.2 Å². The standard InChI is InChI=1S/C13H18O3S/c1-5-15-11(14)7-6-10-8-9-17-12(10)16-13(2,3)4/h6-9H,5H2,1-4H3/b7-6+. The first-order chi connectivity index (χ1) is 7.92. The molecule has 94 valence electrons. The van der Waals surface area contributed by atoms with Gasteiger partial charge < -0.3 is 9.47 Å². The number of esters is 1. The average Bonchev–Trinajstić information content (AvgIpc) is 2.60. The molecule has 1 rings (SSSR count). The SMILES string of the molecule is CCOC(=O)/C=C/c1ccsc1OC(C)(C)C. The molecule has 1 heterocycles. The Labute approximate surface area is 106 Å². The first kappa shape index (κ1) is 13.8. The average molecular weight is 254 g/mol. The number of hydrogen-bond acceptors (Lipinski definition) is 4. The van der Waals surface area contributed by atoms with E-state index in [1.54, 1.807) is 13.0 Å². The zero-order chi connectivity index (χ0) is 12.9. The molecule has 0 saturated carbocycles. The molecule has 0 aliphatic carbocycles. The highest BCUT2D eigenvalue weighted by Crippen LogP contribution is 2.30. The molecular formula is C13H18O3S. The van der Waals surface area contributed by atoms with Gasteiger partial charge in [-0.3, -0.25) is 0 Å². The second-order valence-corrected chi connectivity index (χ2v) is 5.34. The summed E-state index contributed by atoms with van der Waals surface area (Å²) in [5.74, 6) is -0.333. The Morgan fingerprint density at radius 3 is 2.76 bits per heavy atom. The molecule has 17 heavy (non-hydrogen) atoms. The van der Waals surface area contributed by atoms with Gasteiger partial charge >= 0.3 is 5.97 Å². The molecule has 0 radical (unpaired) electrons. The minimum atomic E-state index is -0.333. The van der Waals surface area contributed by atoms with Crippen molar-refractivity contribution < 1.29 is 14.3 Å². The molecule has 0 aliphatic rings. The van der Waals surface area contributed by atoms with E-state index >= 15 is 0 Å². The Bertz CT molecular complexity index is 399. The maximum atomic E-state index is 11.2. The fourth-order valence-electron chi connectivity index (χ4n) is 1.14. The number of ether oxygens (including phenoxy) is 2. The fraction of sp³-hybridized carbons (Fsp3) is 0.462. The van der Waals surface area contributed by atoms with Crippen LogP contribution in [0.5, 0.6) is 5.06 Å². The van der Waals surface area contributed by atoms with Gasteiger partial charge in [-0.15, -0.1) is 11.3 Å². The van der Waals surface area contributed by atoms with E-state index in [0.717, 1.165) is 10.6 Å². The van der Waals surface area contributed by atoms with Gasteiger partial charge in [0.25, 0.3) is 0 Å². The predicted molar refractivity (Wildman–Crippen MR) is 70.4 cm³/mol. The van der Waals surface area contributed by atoms with Crippen molar-refractivity contribution in [3.63, 3.8) is 0 Å². The van der Waals surface area contributed by atoms with Crippen molar-refractivity contribution in [1.82, 2.24) is 0 Å². The highest BCUT2D eigenvalue weighted by molar-refractivity contribution is 7.12. The largest absolute Gasteiger partial charge is 0.478 e. The highest BCUT2D eigenvalue weighted by Gasteiger charge is 2.14. The highest BCUT2D eigenvalue weighted by atomic mass is 32.1. The third-order valence-corrected chi connectivity index (χ3v) is 2.55. The van der Waals surface area contributed by atoms with Crippen molar-refractivity contribution in [1.29, 1.82) is 0 Å². The molecule has 0 bridgehead atoms. The molecule has 0 atom stereocenters. The molecule has 0 spiro atoms. The second kappa shape index (κ2) is 5.87. The molecule has 3 nitrogen and oxygen atoms in total. The van der Waals surface area contributed by atoms with Crippen LogP contribution in [0.15, 0.2) is 17.5 Å². The lowest BCUT2D eigenvalue weighted by Crippen LogP contribution is -2.22. The van der Waals surface area contributed by atoms with Crippen molar-refractivity contribution in [2.75, 3.05) is 6.61 Å². The van der Waals surface area contributed by atoms with Crippen LogP contribution < -0.4 is 4.74 Å². The van der Waals surface area contributed by atoms with E-state index < -0.39 is 0 Å². The van der Waals surface area contributed by atoms with E-state index in [1.807, 2.05) is 32.2 Å². The minimum Gasteiger partial charge on any atom is -0.478 e. The van der Waals surface area contributed by atoms with Crippen LogP contribution in [0.4, 0.5) is 0 Å². The summed E-state index contributed by atoms with van der Waals surface area (Å²) < 4.78 is 10.6. The van der Waals surface area contributed by atoms with Crippen LogP contribution in [0.1, 0.15) is 33.3 Å². The Balaban J connectivity index is 2.72. The first-order valence-electron chi connectivity index (χ1n) is 5.53. The van der Waals surface area contributed by atoms with E-state index in [-0.39, 0.29) is 11.6 Å². The Kier molecular flexibility index (Phi) is 4.75. The van der Waals surface area contributed by atoms with Crippen LogP contribution in [0, 0.1) is 0 Å². The van der Waals surface area contributed by atoms with Gasteiger partial charge in [0.2, 0.25) is 0 Å². The normalized spacial score (nSPS) is 11.8. The zero-order valence-corrected chi connectivity index (χ0v) is 11.5. The third-order valence-electron chi connectivity index (χ3n) is 1.74. The van der Waals surface area contributed by atoms with E-state index in [0.29, 0.717) is 6.61 Å². The maximum Gasteiger partial charge on any atom is 0.330 e. The number of carbonyl (C=O) groups excluding carboxylic acids is 1. The lowest BCUT2D eigenvalue weighted by Gasteiger charge is -2.20. The van der Waals surface area contributed by atoms with Gasteiger partial charge in [-0.1, -0.05) is 0 Å². The number of hydrogen-bond donors (Lipinski definition) is 0. The summed E-state index contributed by atoms with van der Waals surface area (Å²) in [6.07, 6.45) is 3.14. The van der Waals surface area contributed by atoms with E-state index in [4.69, 9.17) is 9.47 Å². The second-order valence-electron chi connectivity index (χ2n) is 4.46. The van der Waals surface area contributed by atoms with Crippen molar-refractivity contribution in [3.05, 3.63) is 23.1 Å². The molecule has 4 heteroatoms. The Morgan fingerprint density at radius 2 is 2.18 bits per heavy atom. The van der Waals surface area contributed by atoms with Crippen LogP contribution in [0.25, 0.3) is 6.08 Å². The number of thiophene rings is 1. The quantitative estimate of drug-likeness (QED) is 0.609. The Hall–Kier alpha value is -1.29. The van der Waals surface area contributed by atoms with E-state index in [9.17, 15) is 4.79 Å². The summed E-state index contributed by atoms with van der Waals surface area (Å²) in [4.78, 5) is 11.2. The number of carbonyl (C=O) groups is 1. The van der Waals surface area contributed by atoms with Crippen LogP contribution in [-0.4, -0.2) is 18.2 Å². The lowest BCUT2D eigenvalue weighted by atomic mass is 10.2. The molecule has 0 saturated heterocycles. The first-order valence-corrected chi connectivity index (χ1v) is 6.41. The van der Waals surface area contributed by atoms with Crippen molar-refractivity contribution >= 4 is 23.4 Å². The van der Waals surface area contributed by atoms with Crippen molar-refractivity contribution in [3.8, 4) is 5.06 Å². The number of rotatable bonds is 4. The van der Waals surface area contributed by atoms with Crippen LogP contribution in [0.2, 0.25) is 0 Å². The van der Waals surface area contributed by atoms with Crippen molar-refractivity contribution in [2.24, 2.45) is 0 Å². The molecule has 0 aliphatic heterocycles. The topological polar surface area (TPSA) is 35.5 Å². The van der Waals surface area contributed by atoms with Crippen LogP contribution in [-0.2, 0) is 9.53 Å². The van der Waals surface area contributed by atoms with E-state index in [2.05, 4.69) is 0 Å². The Morgan fingerprint density at radius 1 is 1.47 bits per heavy atom. The molecule has 0 fully saturated rings. The van der Waals surface area contributed by atoms with E-state index in [1.165, 1.54) is 17.4 Å². The van der Waals surface area contributed by atoms with Gasteiger partial charge in [-0.2, -0.15) is 0 Å². The monoisotopic (exact) mass is 254 g/mol. The molecule has 1 aromatic rings. The zero-order valence-electron chi connectivity index (χ0n) is 10.6. The predicted octanol–water partition coefficient (Wildman–Crippen LogP) is 3.50. The van der Waals surface area contributed by atoms with Gasteiger partial charge in [0, 0.05) is 11.6 Å². The minimum absolute atomic E-state index is 0.239. The molecule has 0 N–H and O–H groups in total. The third kappa shape index (κ3) is 5.04. The molecular weight excluding hydrogens is 236 g/mol. The lowest BCUT2D eigenvalue weighted by molar-refractivity contribution is -0.137. The van der Waals surface area contributed by atoms with Gasteiger partial charge in [0.05, 0.1) is 6.61 Å². The van der Waals surface area contributed by atoms with Gasteiger partial charge in [-0.25, -0.2) is 4.79 Å². The molecule has 0 aromatic carbocycles. The maximum absolute atomic E-state index is 11.2. The summed E-state index contributed by atoms with van der Waals surface area (Å²) in [5.41, 5.74) is 0.662. The van der Waals surface area contributed by atoms with Gasteiger partial charge in [0.15, 0.2) is 5.06 Å². The smallest absolute Gasteiger partial charge is 0.330 e. The van der Waals surface area contributed by atoms with Crippen LogP contribution >= 0.6 is 11.3 Å². The molecule has 1 aromatic heterocycles. The fourth-order valence-corrected chi connectivity index (χ4v) is 2.05. The summed E-state index contributed by atoms with van der Waals surface area (Å²) >= 11 is 1.52. The summed E-state index contributed by atoms with van der Waals surface area (Å²) in [6.45, 7) is 8.14.